The summed E-state index contributed by atoms with van der Waals surface area (Å²) in [6, 6.07) is 1.79. The molecule has 3 nitrogen and oxygen atoms in total. The van der Waals surface area contributed by atoms with Crippen molar-refractivity contribution in [3.63, 3.8) is 0 Å². The molecule has 0 aromatic carbocycles. The summed E-state index contributed by atoms with van der Waals surface area (Å²) in [7, 11) is 0. The number of nitrogens with zero attached hydrogens (tertiary/aromatic N) is 2. The Bertz CT molecular complexity index is 134. The first-order valence-corrected chi connectivity index (χ1v) is 2.96. The van der Waals surface area contributed by atoms with Crippen LogP contribution in [0.1, 0.15) is 26.2 Å². The highest BCUT2D eigenvalue weighted by atomic mass is 16.4. The van der Waals surface area contributed by atoms with Crippen molar-refractivity contribution in [1.82, 2.24) is 0 Å². The highest BCUT2D eigenvalue weighted by Crippen LogP contribution is 1.94. The lowest BCUT2D eigenvalue weighted by Gasteiger charge is -1.89. The van der Waals surface area contributed by atoms with Crippen molar-refractivity contribution < 1.29 is 5.21 Å². The van der Waals surface area contributed by atoms with Gasteiger partial charge in [0.2, 0.25) is 0 Å². The lowest BCUT2D eigenvalue weighted by molar-refractivity contribution is 0.318. The van der Waals surface area contributed by atoms with Gasteiger partial charge >= 0.3 is 0 Å². The van der Waals surface area contributed by atoms with Crippen LogP contribution in [0.25, 0.3) is 0 Å². The van der Waals surface area contributed by atoms with Gasteiger partial charge in [0.15, 0.2) is 5.71 Å². The Morgan fingerprint density at radius 1 is 1.78 bits per heavy atom. The second kappa shape index (κ2) is 5.10. The lowest BCUT2D eigenvalue weighted by Crippen LogP contribution is -1.92. The van der Waals surface area contributed by atoms with Crippen LogP contribution in [0.3, 0.4) is 0 Å². The molecule has 0 aliphatic rings. The molecular weight excluding hydrogens is 116 g/mol. The fourth-order valence-electron chi connectivity index (χ4n) is 0.472. The maximum absolute atomic E-state index is 8.21. The number of hydrogen-bond acceptors (Lipinski definition) is 3. The van der Waals surface area contributed by atoms with Crippen molar-refractivity contribution in [3.05, 3.63) is 0 Å². The van der Waals surface area contributed by atoms with Gasteiger partial charge in [-0.3, -0.25) is 0 Å². The maximum atomic E-state index is 8.21. The molecule has 0 aliphatic carbocycles. The minimum atomic E-state index is 0.219. The van der Waals surface area contributed by atoms with E-state index in [2.05, 4.69) is 5.16 Å². The van der Waals surface area contributed by atoms with E-state index < -0.39 is 0 Å². The van der Waals surface area contributed by atoms with Gasteiger partial charge in [0, 0.05) is 6.42 Å². The molecule has 0 fully saturated rings. The van der Waals surface area contributed by atoms with E-state index in [0.717, 1.165) is 12.8 Å². The fraction of sp³-hybridized carbons (Fsp3) is 0.667. The molecule has 0 saturated carbocycles. The van der Waals surface area contributed by atoms with Crippen LogP contribution in [0.15, 0.2) is 5.16 Å². The van der Waals surface area contributed by atoms with Crippen molar-refractivity contribution in [2.24, 2.45) is 5.16 Å². The van der Waals surface area contributed by atoms with Crippen LogP contribution in [0.5, 0.6) is 0 Å². The average Bonchev–Trinajstić information content (AvgIpc) is 1.91. The Balaban J connectivity index is 3.49. The summed E-state index contributed by atoms with van der Waals surface area (Å²) in [5.41, 5.74) is 0.219. The number of unbranched alkanes of at least 4 members (excludes halogenated alkanes) is 1. The van der Waals surface area contributed by atoms with E-state index in [0.29, 0.717) is 6.42 Å². The zero-order chi connectivity index (χ0) is 7.11. The first kappa shape index (κ1) is 7.96. The molecule has 0 aromatic rings. The Morgan fingerprint density at radius 2 is 2.44 bits per heavy atom. The monoisotopic (exact) mass is 126 g/mol. The molecule has 0 aromatic heterocycles. The number of oxime groups is 1. The predicted molar refractivity (Wildman–Crippen MR) is 34.4 cm³/mol. The molecule has 0 bridgehead atoms. The second-order valence-corrected chi connectivity index (χ2v) is 1.76. The van der Waals surface area contributed by atoms with Crippen LogP contribution >= 0.6 is 0 Å². The van der Waals surface area contributed by atoms with E-state index in [1.54, 1.807) is 6.07 Å². The van der Waals surface area contributed by atoms with Crippen molar-refractivity contribution >= 4 is 5.71 Å². The molecule has 0 amide bonds. The van der Waals surface area contributed by atoms with Crippen LogP contribution in [0.2, 0.25) is 0 Å². The van der Waals surface area contributed by atoms with Gasteiger partial charge in [-0.2, -0.15) is 5.26 Å². The van der Waals surface area contributed by atoms with E-state index in [-0.39, 0.29) is 5.71 Å². The minimum Gasteiger partial charge on any atom is -0.410 e. The molecule has 1 N–H and O–H groups in total. The topological polar surface area (TPSA) is 56.4 Å². The number of rotatable bonds is 3. The fourth-order valence-corrected chi connectivity index (χ4v) is 0.472. The lowest BCUT2D eigenvalue weighted by atomic mass is 10.2. The summed E-state index contributed by atoms with van der Waals surface area (Å²) >= 11 is 0. The molecule has 50 valence electrons. The standard InChI is InChI=1S/C6H10N2O/c1-2-3-4-6(5-7)8-9/h9H,2-4H2,1H3. The van der Waals surface area contributed by atoms with Gasteiger partial charge in [-0.15, -0.1) is 0 Å². The smallest absolute Gasteiger partial charge is 0.156 e. The molecule has 0 radical (unpaired) electrons. The van der Waals surface area contributed by atoms with E-state index in [9.17, 15) is 0 Å². The van der Waals surface area contributed by atoms with Gasteiger partial charge in [0.1, 0.15) is 6.07 Å². The normalized spacial score (nSPS) is 10.9. The molecule has 3 heteroatoms. The Hall–Kier alpha value is -1.04. The second-order valence-electron chi connectivity index (χ2n) is 1.76. The van der Waals surface area contributed by atoms with Gasteiger partial charge in [-0.25, -0.2) is 0 Å². The van der Waals surface area contributed by atoms with E-state index >= 15 is 0 Å². The third kappa shape index (κ3) is 3.53. The first-order valence-electron chi connectivity index (χ1n) is 2.96. The molecule has 0 atom stereocenters. The third-order valence-electron chi connectivity index (χ3n) is 1.02. The summed E-state index contributed by atoms with van der Waals surface area (Å²) in [5.74, 6) is 0. The largest absolute Gasteiger partial charge is 0.410 e. The zero-order valence-corrected chi connectivity index (χ0v) is 5.46. The molecule has 0 rings (SSSR count). The molecule has 0 saturated heterocycles. The summed E-state index contributed by atoms with van der Waals surface area (Å²) in [6.07, 6.45) is 2.51. The first-order chi connectivity index (χ1) is 4.35. The van der Waals surface area contributed by atoms with E-state index in [1.807, 2.05) is 6.92 Å². The highest BCUT2D eigenvalue weighted by Gasteiger charge is 1.94. The van der Waals surface area contributed by atoms with E-state index in [4.69, 9.17) is 10.5 Å². The molecule has 0 aliphatic heterocycles. The van der Waals surface area contributed by atoms with Gasteiger partial charge in [-0.1, -0.05) is 18.5 Å². The molecule has 9 heavy (non-hydrogen) atoms. The van der Waals surface area contributed by atoms with Crippen LogP contribution in [-0.4, -0.2) is 10.9 Å². The van der Waals surface area contributed by atoms with Gasteiger partial charge in [0.25, 0.3) is 0 Å². The maximum Gasteiger partial charge on any atom is 0.156 e. The van der Waals surface area contributed by atoms with Crippen molar-refractivity contribution in [2.75, 3.05) is 0 Å². The van der Waals surface area contributed by atoms with Gasteiger partial charge in [-0.05, 0) is 6.42 Å². The predicted octanol–water partition coefficient (Wildman–Crippen LogP) is 1.53. The van der Waals surface area contributed by atoms with Crippen molar-refractivity contribution in [2.45, 2.75) is 26.2 Å². The van der Waals surface area contributed by atoms with Crippen molar-refractivity contribution in [1.29, 1.82) is 5.26 Å². The van der Waals surface area contributed by atoms with Crippen LogP contribution in [0.4, 0.5) is 0 Å². The SMILES string of the molecule is CCCCC(C#N)=NO. The van der Waals surface area contributed by atoms with Crippen LogP contribution in [0, 0.1) is 11.3 Å². The quantitative estimate of drug-likeness (QED) is 0.354. The Labute approximate surface area is 54.6 Å². The van der Waals surface area contributed by atoms with Crippen LogP contribution < -0.4 is 0 Å². The Kier molecular flexibility index (Phi) is 4.51. The zero-order valence-electron chi connectivity index (χ0n) is 5.46. The molecule has 0 heterocycles. The minimum absolute atomic E-state index is 0.219. The molecule has 0 unspecified atom stereocenters. The van der Waals surface area contributed by atoms with Crippen molar-refractivity contribution in [3.8, 4) is 6.07 Å². The van der Waals surface area contributed by atoms with Gasteiger partial charge < -0.3 is 5.21 Å². The summed E-state index contributed by atoms with van der Waals surface area (Å²) in [4.78, 5) is 0. The summed E-state index contributed by atoms with van der Waals surface area (Å²) < 4.78 is 0. The highest BCUT2D eigenvalue weighted by molar-refractivity contribution is 5.97. The number of hydrogen-bond donors (Lipinski definition) is 1. The summed E-state index contributed by atoms with van der Waals surface area (Å²) in [6.45, 7) is 2.02. The number of nitriles is 1. The Morgan fingerprint density at radius 3 is 2.78 bits per heavy atom. The summed E-state index contributed by atoms with van der Waals surface area (Å²) in [5, 5.41) is 19.1. The third-order valence-corrected chi connectivity index (χ3v) is 1.02. The average molecular weight is 126 g/mol. The molecular formula is C6H10N2O. The van der Waals surface area contributed by atoms with E-state index in [1.165, 1.54) is 0 Å². The van der Waals surface area contributed by atoms with Crippen LogP contribution in [-0.2, 0) is 0 Å². The van der Waals surface area contributed by atoms with Gasteiger partial charge in [0.05, 0.1) is 0 Å². The molecule has 0 spiro atoms.